The molecule has 2 aromatic rings. The molecule has 30 heavy (non-hydrogen) atoms. The Hall–Kier alpha value is -2.81. The van der Waals surface area contributed by atoms with Crippen LogP contribution in [0.25, 0.3) is 11.1 Å². The molecule has 4 nitrogen and oxygen atoms in total. The van der Waals surface area contributed by atoms with E-state index in [4.69, 9.17) is 4.74 Å². The maximum absolute atomic E-state index is 14.6. The Morgan fingerprint density at radius 2 is 2.00 bits per heavy atom. The Kier molecular flexibility index (Phi) is 5.31. The lowest BCUT2D eigenvalue weighted by atomic mass is 9.63. The normalized spacial score (nSPS) is 29.7. The fourth-order valence-corrected chi connectivity index (χ4v) is 5.15. The van der Waals surface area contributed by atoms with Crippen molar-refractivity contribution in [2.75, 3.05) is 0 Å². The van der Waals surface area contributed by atoms with Gasteiger partial charge in [0.25, 0.3) is 5.92 Å². The van der Waals surface area contributed by atoms with Crippen LogP contribution >= 0.6 is 0 Å². The summed E-state index contributed by atoms with van der Waals surface area (Å²) in [5, 5.41) is 9.28. The van der Waals surface area contributed by atoms with Gasteiger partial charge in [-0.05, 0) is 37.8 Å². The molecule has 0 spiro atoms. The van der Waals surface area contributed by atoms with Crippen molar-refractivity contribution in [1.29, 1.82) is 5.26 Å². The van der Waals surface area contributed by atoms with Crippen molar-refractivity contribution in [1.82, 2.24) is 4.98 Å². The summed E-state index contributed by atoms with van der Waals surface area (Å²) in [4.78, 5) is 16.6. The van der Waals surface area contributed by atoms with Crippen molar-refractivity contribution in [3.8, 4) is 17.2 Å². The average molecular weight is 410 g/mol. The first-order valence-corrected chi connectivity index (χ1v) is 10.3. The number of esters is 1. The summed E-state index contributed by atoms with van der Waals surface area (Å²) in [6.45, 7) is 3.40. The summed E-state index contributed by atoms with van der Waals surface area (Å²) in [6.07, 6.45) is 2.06. The molecule has 0 bridgehead atoms. The minimum Gasteiger partial charge on any atom is -0.462 e. The quantitative estimate of drug-likeness (QED) is 0.664. The monoisotopic (exact) mass is 410 g/mol. The molecule has 5 atom stereocenters. The number of alkyl halides is 2. The highest BCUT2D eigenvalue weighted by molar-refractivity contribution is 5.75. The van der Waals surface area contributed by atoms with Crippen molar-refractivity contribution >= 4 is 5.97 Å². The van der Waals surface area contributed by atoms with E-state index in [0.717, 1.165) is 16.8 Å². The van der Waals surface area contributed by atoms with Crippen LogP contribution in [0.2, 0.25) is 0 Å². The summed E-state index contributed by atoms with van der Waals surface area (Å²) >= 11 is 0. The first-order valence-electron chi connectivity index (χ1n) is 10.3. The van der Waals surface area contributed by atoms with Crippen molar-refractivity contribution < 1.29 is 18.3 Å². The van der Waals surface area contributed by atoms with Crippen LogP contribution in [0.3, 0.4) is 0 Å². The summed E-state index contributed by atoms with van der Waals surface area (Å²) in [6, 6.07) is 13.3. The summed E-state index contributed by atoms with van der Waals surface area (Å²) in [5.74, 6) is -5.35. The molecule has 0 N–H and O–H groups in total. The minimum atomic E-state index is -2.87. The first kappa shape index (κ1) is 20.5. The van der Waals surface area contributed by atoms with E-state index in [1.807, 2.05) is 37.3 Å². The molecule has 0 radical (unpaired) electrons. The second-order valence-corrected chi connectivity index (χ2v) is 8.48. The molecule has 6 heteroatoms. The lowest BCUT2D eigenvalue weighted by Crippen LogP contribution is -2.47. The van der Waals surface area contributed by atoms with Gasteiger partial charge in [-0.3, -0.25) is 9.78 Å². The van der Waals surface area contributed by atoms with Gasteiger partial charge >= 0.3 is 5.97 Å². The van der Waals surface area contributed by atoms with Gasteiger partial charge in [-0.1, -0.05) is 31.2 Å². The Labute approximate surface area is 174 Å². The smallest absolute Gasteiger partial charge is 0.309 e. The van der Waals surface area contributed by atoms with Crippen molar-refractivity contribution in [2.24, 2.45) is 23.7 Å². The number of aromatic nitrogens is 1. The van der Waals surface area contributed by atoms with Gasteiger partial charge in [0.1, 0.15) is 6.10 Å². The Morgan fingerprint density at radius 1 is 1.23 bits per heavy atom. The molecule has 4 rings (SSSR count). The van der Waals surface area contributed by atoms with Crippen LogP contribution in [-0.4, -0.2) is 23.0 Å². The minimum absolute atomic E-state index is 0.172. The van der Waals surface area contributed by atoms with Crippen LogP contribution in [0.4, 0.5) is 8.78 Å². The summed E-state index contributed by atoms with van der Waals surface area (Å²) in [7, 11) is 0. The zero-order valence-electron chi connectivity index (χ0n) is 17.0. The van der Waals surface area contributed by atoms with Gasteiger partial charge in [0, 0.05) is 41.3 Å². The van der Waals surface area contributed by atoms with E-state index >= 15 is 0 Å². The second kappa shape index (κ2) is 7.79. The molecule has 2 fully saturated rings. The van der Waals surface area contributed by atoms with Crippen molar-refractivity contribution in [3.05, 3.63) is 53.9 Å². The Morgan fingerprint density at radius 3 is 2.70 bits per heavy atom. The molecule has 0 amide bonds. The van der Waals surface area contributed by atoms with E-state index in [-0.39, 0.29) is 17.9 Å². The third kappa shape index (κ3) is 3.58. The van der Waals surface area contributed by atoms with E-state index in [9.17, 15) is 18.8 Å². The second-order valence-electron chi connectivity index (χ2n) is 8.48. The van der Waals surface area contributed by atoms with E-state index in [1.54, 1.807) is 19.2 Å². The van der Waals surface area contributed by atoms with Crippen LogP contribution in [0.1, 0.15) is 37.9 Å². The predicted molar refractivity (Wildman–Crippen MR) is 107 cm³/mol. The molecule has 1 aromatic carbocycles. The number of cyclic esters (lactones) is 1. The number of ether oxygens (including phenoxy) is 1. The number of hydrogen-bond acceptors (Lipinski definition) is 4. The summed E-state index contributed by atoms with van der Waals surface area (Å²) in [5.41, 5.74) is 3.05. The first-order chi connectivity index (χ1) is 14.3. The zero-order valence-corrected chi connectivity index (χ0v) is 17.0. The van der Waals surface area contributed by atoms with Gasteiger partial charge in [-0.25, -0.2) is 8.78 Å². The topological polar surface area (TPSA) is 63.0 Å². The highest BCUT2D eigenvalue weighted by atomic mass is 19.3. The molecular weight excluding hydrogens is 386 g/mol. The standard InChI is InChI=1S/C24H24F2N2O2/c1-14-19(22-15(2)30-23(29)21(22)11-24(14,25)26)10-9-18-8-7-17(13-28-18)20-6-4-3-5-16(20)12-27/h3-8,13-15,19,21-22H,9-11H2,1-2H3/t14-,15+,19-,21+,22-/m0/s1. The SMILES string of the molecule is C[C@H]1OC(=O)[C@@H]2CC(F)(F)[C@@H](C)[C@H](CCc3ccc(-c4ccccc4C#N)cn3)[C@H]12. The largest absolute Gasteiger partial charge is 0.462 e. The van der Waals surface area contributed by atoms with Crippen LogP contribution in [0.5, 0.6) is 0 Å². The number of hydrogen-bond donors (Lipinski definition) is 0. The molecular formula is C24H24F2N2O2. The molecule has 1 aliphatic heterocycles. The molecule has 1 aliphatic carbocycles. The number of nitrogens with zero attached hydrogens (tertiary/aromatic N) is 2. The number of carbonyl (C=O) groups excluding carboxylic acids is 1. The predicted octanol–water partition coefficient (Wildman–Crippen LogP) is 5.02. The maximum atomic E-state index is 14.6. The summed E-state index contributed by atoms with van der Waals surface area (Å²) < 4.78 is 34.5. The van der Waals surface area contributed by atoms with E-state index in [1.165, 1.54) is 0 Å². The number of rotatable bonds is 4. The third-order valence-corrected chi connectivity index (χ3v) is 6.82. The third-order valence-electron chi connectivity index (χ3n) is 6.82. The van der Waals surface area contributed by atoms with Gasteiger partial charge in [0.05, 0.1) is 17.6 Å². The molecule has 2 heterocycles. The number of halogens is 2. The van der Waals surface area contributed by atoms with Gasteiger partial charge < -0.3 is 4.74 Å². The average Bonchev–Trinajstić information content (AvgIpc) is 3.01. The highest BCUT2D eigenvalue weighted by Gasteiger charge is 2.59. The lowest BCUT2D eigenvalue weighted by Gasteiger charge is -2.42. The van der Waals surface area contributed by atoms with Gasteiger partial charge in [-0.15, -0.1) is 0 Å². The fourth-order valence-electron chi connectivity index (χ4n) is 5.15. The zero-order chi connectivity index (χ0) is 21.5. The fraction of sp³-hybridized carbons (Fsp3) is 0.458. The Balaban J connectivity index is 1.51. The number of carbonyl (C=O) groups is 1. The molecule has 1 saturated heterocycles. The van der Waals surface area contributed by atoms with Crippen molar-refractivity contribution in [3.63, 3.8) is 0 Å². The maximum Gasteiger partial charge on any atom is 0.309 e. The van der Waals surface area contributed by atoms with E-state index in [0.29, 0.717) is 18.4 Å². The van der Waals surface area contributed by atoms with E-state index in [2.05, 4.69) is 11.1 Å². The number of nitriles is 1. The van der Waals surface area contributed by atoms with Gasteiger partial charge in [-0.2, -0.15) is 5.26 Å². The number of pyridine rings is 1. The van der Waals surface area contributed by atoms with Gasteiger partial charge in [0.2, 0.25) is 0 Å². The van der Waals surface area contributed by atoms with Crippen LogP contribution in [-0.2, 0) is 16.0 Å². The molecule has 2 aliphatic rings. The number of benzene rings is 1. The number of fused-ring (bicyclic) bond motifs is 1. The Bertz CT molecular complexity index is 983. The van der Waals surface area contributed by atoms with Gasteiger partial charge in [0.15, 0.2) is 0 Å². The highest BCUT2D eigenvalue weighted by Crippen LogP contribution is 2.53. The molecule has 156 valence electrons. The van der Waals surface area contributed by atoms with Crippen LogP contribution in [0.15, 0.2) is 42.6 Å². The molecule has 0 unspecified atom stereocenters. The van der Waals surface area contributed by atoms with Crippen molar-refractivity contribution in [2.45, 2.75) is 45.1 Å². The molecule has 1 saturated carbocycles. The van der Waals surface area contributed by atoms with E-state index < -0.39 is 30.1 Å². The van der Waals surface area contributed by atoms with Crippen LogP contribution in [0, 0.1) is 35.0 Å². The number of aryl methyl sites for hydroxylation is 1. The molecule has 1 aromatic heterocycles. The van der Waals surface area contributed by atoms with Crippen LogP contribution < -0.4 is 0 Å². The lowest BCUT2D eigenvalue weighted by molar-refractivity contribution is -0.155.